The van der Waals surface area contributed by atoms with E-state index in [-0.39, 0.29) is 11.7 Å². The standard InChI is InChI=1S/C21H26N8O2/c1-26-19-16(12-25-26)20(24-14-23-19)28-8-6-27(7-9-28)13-18(30)15-10-17(22-11-15)21(31)29-4-2-3-5-29/h10-12,14,22H,2-9,13H2,1H3. The van der Waals surface area contributed by atoms with Gasteiger partial charge in [0.1, 0.15) is 17.8 Å². The summed E-state index contributed by atoms with van der Waals surface area (Å²) in [4.78, 5) is 43.2. The monoisotopic (exact) mass is 422 g/mol. The van der Waals surface area contributed by atoms with Gasteiger partial charge in [0.2, 0.25) is 0 Å². The minimum Gasteiger partial charge on any atom is -0.356 e. The highest BCUT2D eigenvalue weighted by Gasteiger charge is 2.25. The number of Topliss-reactive ketones (excluding diaryl/α,β-unsaturated/α-hetero) is 1. The summed E-state index contributed by atoms with van der Waals surface area (Å²) in [6.07, 6.45) is 7.12. The summed E-state index contributed by atoms with van der Waals surface area (Å²) in [6.45, 7) is 5.02. The molecule has 31 heavy (non-hydrogen) atoms. The Balaban J connectivity index is 1.19. The van der Waals surface area contributed by atoms with Crippen LogP contribution in [0.1, 0.15) is 33.7 Å². The van der Waals surface area contributed by atoms with E-state index >= 15 is 0 Å². The van der Waals surface area contributed by atoms with Gasteiger partial charge in [-0.2, -0.15) is 5.10 Å². The maximum Gasteiger partial charge on any atom is 0.270 e. The first kappa shape index (κ1) is 19.7. The van der Waals surface area contributed by atoms with Crippen LogP contribution in [-0.2, 0) is 7.05 Å². The van der Waals surface area contributed by atoms with Crippen molar-refractivity contribution in [2.45, 2.75) is 12.8 Å². The number of H-pyrrole nitrogens is 1. The van der Waals surface area contributed by atoms with Crippen molar-refractivity contribution in [2.75, 3.05) is 50.7 Å². The van der Waals surface area contributed by atoms with Gasteiger partial charge in [0.15, 0.2) is 11.4 Å². The molecule has 1 amide bonds. The van der Waals surface area contributed by atoms with Gasteiger partial charge in [0.25, 0.3) is 5.91 Å². The van der Waals surface area contributed by atoms with Crippen LogP contribution in [0.4, 0.5) is 5.82 Å². The number of fused-ring (bicyclic) bond motifs is 1. The molecule has 0 radical (unpaired) electrons. The molecule has 2 saturated heterocycles. The van der Waals surface area contributed by atoms with Crippen molar-refractivity contribution < 1.29 is 9.59 Å². The van der Waals surface area contributed by atoms with Gasteiger partial charge in [0.05, 0.1) is 18.1 Å². The summed E-state index contributed by atoms with van der Waals surface area (Å²) >= 11 is 0. The number of likely N-dealkylation sites (tertiary alicyclic amines) is 1. The van der Waals surface area contributed by atoms with Crippen LogP contribution in [0.15, 0.2) is 24.8 Å². The van der Waals surface area contributed by atoms with Crippen LogP contribution in [-0.4, -0.2) is 92.0 Å². The number of carbonyl (C=O) groups is 2. The molecule has 0 aromatic carbocycles. The molecule has 0 bridgehead atoms. The zero-order valence-corrected chi connectivity index (χ0v) is 17.6. The minimum atomic E-state index is -0.0169. The Labute approximate surface area is 179 Å². The summed E-state index contributed by atoms with van der Waals surface area (Å²) in [5.41, 5.74) is 1.88. The first-order chi connectivity index (χ1) is 15.1. The van der Waals surface area contributed by atoms with E-state index < -0.39 is 0 Å². The zero-order chi connectivity index (χ0) is 21.4. The molecule has 2 fully saturated rings. The molecule has 0 saturated carbocycles. The van der Waals surface area contributed by atoms with E-state index in [9.17, 15) is 9.59 Å². The molecule has 5 heterocycles. The van der Waals surface area contributed by atoms with Crippen molar-refractivity contribution >= 4 is 28.5 Å². The molecule has 2 aliphatic rings. The number of rotatable bonds is 5. The Kier molecular flexibility index (Phi) is 5.14. The van der Waals surface area contributed by atoms with Gasteiger partial charge < -0.3 is 14.8 Å². The number of nitrogens with zero attached hydrogens (tertiary/aromatic N) is 7. The van der Waals surface area contributed by atoms with Crippen LogP contribution in [0.2, 0.25) is 0 Å². The lowest BCUT2D eigenvalue weighted by molar-refractivity contribution is 0.0787. The number of carbonyl (C=O) groups excluding carboxylic acids is 2. The van der Waals surface area contributed by atoms with Gasteiger partial charge in [0, 0.05) is 58.1 Å². The Hall–Kier alpha value is -3.27. The number of amides is 1. The fourth-order valence-electron chi connectivity index (χ4n) is 4.38. The average Bonchev–Trinajstić information content (AvgIpc) is 3.55. The van der Waals surface area contributed by atoms with Crippen LogP contribution < -0.4 is 4.90 Å². The Morgan fingerprint density at radius 3 is 2.61 bits per heavy atom. The quantitative estimate of drug-likeness (QED) is 0.610. The van der Waals surface area contributed by atoms with Gasteiger partial charge in [-0.05, 0) is 18.9 Å². The number of anilines is 1. The van der Waals surface area contributed by atoms with Crippen molar-refractivity contribution in [3.63, 3.8) is 0 Å². The molecule has 1 N–H and O–H groups in total. The summed E-state index contributed by atoms with van der Waals surface area (Å²) in [6, 6.07) is 1.69. The molecular formula is C21H26N8O2. The smallest absolute Gasteiger partial charge is 0.270 e. The third kappa shape index (κ3) is 3.78. The lowest BCUT2D eigenvalue weighted by Crippen LogP contribution is -2.48. The van der Waals surface area contributed by atoms with Crippen molar-refractivity contribution in [2.24, 2.45) is 7.05 Å². The van der Waals surface area contributed by atoms with Crippen molar-refractivity contribution in [1.29, 1.82) is 0 Å². The van der Waals surface area contributed by atoms with E-state index in [0.29, 0.717) is 17.8 Å². The lowest BCUT2D eigenvalue weighted by Gasteiger charge is -2.35. The van der Waals surface area contributed by atoms with Crippen LogP contribution in [0, 0.1) is 0 Å². The maximum atomic E-state index is 12.8. The first-order valence-corrected chi connectivity index (χ1v) is 10.7. The minimum absolute atomic E-state index is 0.0169. The number of ketones is 1. The Morgan fingerprint density at radius 1 is 1.06 bits per heavy atom. The van der Waals surface area contributed by atoms with E-state index in [1.165, 1.54) is 0 Å². The molecule has 0 spiro atoms. The summed E-state index contributed by atoms with van der Waals surface area (Å²) in [5, 5.41) is 5.22. The second-order valence-electron chi connectivity index (χ2n) is 8.19. The van der Waals surface area contributed by atoms with E-state index in [2.05, 4.69) is 29.9 Å². The van der Waals surface area contributed by atoms with Crippen molar-refractivity contribution in [1.82, 2.24) is 34.5 Å². The normalized spacial score (nSPS) is 17.6. The topological polar surface area (TPSA) is 103 Å². The van der Waals surface area contributed by atoms with Crippen LogP contribution in [0.25, 0.3) is 11.0 Å². The Morgan fingerprint density at radius 2 is 1.84 bits per heavy atom. The number of hydrogen-bond acceptors (Lipinski definition) is 7. The average molecular weight is 422 g/mol. The molecule has 0 aliphatic carbocycles. The number of aryl methyl sites for hydroxylation is 1. The van der Waals surface area contributed by atoms with Crippen molar-refractivity contribution in [3.05, 3.63) is 36.0 Å². The molecule has 0 atom stereocenters. The predicted molar refractivity (Wildman–Crippen MR) is 115 cm³/mol. The highest BCUT2D eigenvalue weighted by Crippen LogP contribution is 2.23. The maximum absolute atomic E-state index is 12.8. The van der Waals surface area contributed by atoms with Crippen LogP contribution in [0.5, 0.6) is 0 Å². The van der Waals surface area contributed by atoms with E-state index in [1.807, 2.05) is 11.9 Å². The van der Waals surface area contributed by atoms with E-state index in [1.54, 1.807) is 29.5 Å². The Bertz CT molecular complexity index is 1110. The molecule has 162 valence electrons. The lowest BCUT2D eigenvalue weighted by atomic mass is 10.2. The van der Waals surface area contributed by atoms with Gasteiger partial charge in [-0.1, -0.05) is 0 Å². The third-order valence-electron chi connectivity index (χ3n) is 6.18. The molecule has 3 aromatic heterocycles. The SMILES string of the molecule is Cn1ncc2c(N3CCN(CC(=O)c4c[nH]c(C(=O)N5CCCC5)c4)CC3)ncnc21. The number of hydrogen-bond donors (Lipinski definition) is 1. The number of nitrogens with one attached hydrogen (secondary N) is 1. The fourth-order valence-corrected chi connectivity index (χ4v) is 4.38. The number of piperazine rings is 1. The van der Waals surface area contributed by atoms with Gasteiger partial charge >= 0.3 is 0 Å². The molecule has 2 aliphatic heterocycles. The van der Waals surface area contributed by atoms with Gasteiger partial charge in [-0.3, -0.25) is 19.2 Å². The van der Waals surface area contributed by atoms with Crippen LogP contribution >= 0.6 is 0 Å². The second kappa shape index (κ2) is 8.10. The van der Waals surface area contributed by atoms with E-state index in [4.69, 9.17) is 0 Å². The predicted octanol–water partition coefficient (Wildman–Crippen LogP) is 0.932. The number of aromatic nitrogens is 5. The van der Waals surface area contributed by atoms with Gasteiger partial charge in [-0.25, -0.2) is 9.97 Å². The molecule has 10 heteroatoms. The highest BCUT2D eigenvalue weighted by molar-refractivity contribution is 6.01. The summed E-state index contributed by atoms with van der Waals surface area (Å²) in [7, 11) is 1.87. The molecule has 5 rings (SSSR count). The number of aromatic amines is 1. The largest absolute Gasteiger partial charge is 0.356 e. The molecular weight excluding hydrogens is 396 g/mol. The van der Waals surface area contributed by atoms with Gasteiger partial charge in [-0.15, -0.1) is 0 Å². The van der Waals surface area contributed by atoms with Crippen molar-refractivity contribution in [3.8, 4) is 0 Å². The second-order valence-corrected chi connectivity index (χ2v) is 8.19. The summed E-state index contributed by atoms with van der Waals surface area (Å²) < 4.78 is 1.75. The van der Waals surface area contributed by atoms with E-state index in [0.717, 1.165) is 69.0 Å². The highest BCUT2D eigenvalue weighted by atomic mass is 16.2. The zero-order valence-electron chi connectivity index (χ0n) is 17.6. The molecule has 3 aromatic rings. The third-order valence-corrected chi connectivity index (χ3v) is 6.18. The summed E-state index contributed by atoms with van der Waals surface area (Å²) in [5.74, 6) is 0.901. The molecule has 10 nitrogen and oxygen atoms in total. The first-order valence-electron chi connectivity index (χ1n) is 10.7. The fraction of sp³-hybridized carbons (Fsp3) is 0.476. The van der Waals surface area contributed by atoms with Crippen LogP contribution in [0.3, 0.4) is 0 Å². The molecule has 0 unspecified atom stereocenters.